The number of rotatable bonds is 6. The zero-order valence-electron chi connectivity index (χ0n) is 10.5. The highest BCUT2D eigenvalue weighted by atomic mass is 35.5. The number of aryl methyl sites for hydroxylation is 1. The van der Waals surface area contributed by atoms with E-state index < -0.39 is 5.82 Å². The highest BCUT2D eigenvalue weighted by Crippen LogP contribution is 2.27. The van der Waals surface area contributed by atoms with Gasteiger partial charge in [-0.05, 0) is 31.5 Å². The van der Waals surface area contributed by atoms with E-state index in [0.29, 0.717) is 17.4 Å². The maximum absolute atomic E-state index is 13.7. The molecule has 4 nitrogen and oxygen atoms in total. The first-order chi connectivity index (χ1) is 9.22. The Morgan fingerprint density at radius 1 is 1.26 bits per heavy atom. The molecule has 0 aliphatic heterocycles. The minimum Gasteiger partial charge on any atom is -0.330 e. The molecule has 19 heavy (non-hydrogen) atoms. The van der Waals surface area contributed by atoms with Crippen molar-refractivity contribution in [1.29, 1.82) is 0 Å². The fourth-order valence-corrected chi connectivity index (χ4v) is 2.09. The molecule has 1 aromatic heterocycles. The van der Waals surface area contributed by atoms with Crippen LogP contribution < -0.4 is 5.73 Å². The summed E-state index contributed by atoms with van der Waals surface area (Å²) in [5.41, 5.74) is 5.67. The molecule has 1 heterocycles. The summed E-state index contributed by atoms with van der Waals surface area (Å²) < 4.78 is 13.7. The third kappa shape index (κ3) is 3.52. The fraction of sp³-hybridized carbons (Fsp3) is 0.385. The van der Waals surface area contributed by atoms with Gasteiger partial charge in [0.25, 0.3) is 0 Å². The van der Waals surface area contributed by atoms with Gasteiger partial charge in [0.05, 0.1) is 10.6 Å². The third-order valence-corrected chi connectivity index (χ3v) is 3.15. The van der Waals surface area contributed by atoms with Crippen LogP contribution >= 0.6 is 11.6 Å². The number of H-pyrrole nitrogens is 1. The maximum Gasteiger partial charge on any atom is 0.185 e. The molecule has 0 aliphatic carbocycles. The van der Waals surface area contributed by atoms with Crippen molar-refractivity contribution in [2.45, 2.75) is 25.7 Å². The molecule has 3 N–H and O–H groups in total. The lowest BCUT2D eigenvalue weighted by molar-refractivity contribution is 0.630. The lowest BCUT2D eigenvalue weighted by Gasteiger charge is -2.00. The normalized spacial score (nSPS) is 10.9. The number of nitrogens with one attached hydrogen (secondary N) is 1. The standard InChI is InChI=1S/C13H16ClFN4/c14-9-5-4-6-10(15)12(9)13-17-11(18-19-13)7-2-1-3-8-16/h4-6H,1-3,7-8,16H2,(H,17,18,19). The minimum absolute atomic E-state index is 0.244. The van der Waals surface area contributed by atoms with Gasteiger partial charge >= 0.3 is 0 Å². The fourth-order valence-electron chi connectivity index (χ4n) is 1.84. The molecule has 1 aromatic carbocycles. The van der Waals surface area contributed by atoms with Gasteiger partial charge in [0.15, 0.2) is 5.82 Å². The lowest BCUT2D eigenvalue weighted by atomic mass is 10.2. The summed E-state index contributed by atoms with van der Waals surface area (Å²) >= 11 is 5.97. The summed E-state index contributed by atoms with van der Waals surface area (Å²) in [5, 5.41) is 7.15. The van der Waals surface area contributed by atoms with Crippen LogP contribution in [0.15, 0.2) is 18.2 Å². The Balaban J connectivity index is 2.08. The van der Waals surface area contributed by atoms with Gasteiger partial charge in [0, 0.05) is 6.42 Å². The Hall–Kier alpha value is -1.46. The minimum atomic E-state index is -0.416. The van der Waals surface area contributed by atoms with Crippen molar-refractivity contribution >= 4 is 11.6 Å². The summed E-state index contributed by atoms with van der Waals surface area (Å²) in [5.74, 6) is 0.629. The molecule has 102 valence electrons. The van der Waals surface area contributed by atoms with E-state index in [0.717, 1.165) is 31.5 Å². The zero-order chi connectivity index (χ0) is 13.7. The average molecular weight is 283 g/mol. The van der Waals surface area contributed by atoms with Crippen LogP contribution in [0, 0.1) is 5.82 Å². The van der Waals surface area contributed by atoms with E-state index in [-0.39, 0.29) is 5.56 Å². The Morgan fingerprint density at radius 3 is 2.84 bits per heavy atom. The molecule has 0 atom stereocenters. The number of unbranched alkanes of at least 4 members (excludes halogenated alkanes) is 2. The van der Waals surface area contributed by atoms with Gasteiger partial charge in [0.1, 0.15) is 11.6 Å². The van der Waals surface area contributed by atoms with Crippen LogP contribution in [0.5, 0.6) is 0 Å². The number of halogens is 2. The molecular weight excluding hydrogens is 267 g/mol. The summed E-state index contributed by atoms with van der Waals surface area (Å²) in [6.45, 7) is 0.701. The molecule has 2 rings (SSSR count). The smallest absolute Gasteiger partial charge is 0.185 e. The van der Waals surface area contributed by atoms with E-state index in [1.54, 1.807) is 12.1 Å². The van der Waals surface area contributed by atoms with Crippen LogP contribution in [-0.4, -0.2) is 21.7 Å². The molecule has 0 saturated carbocycles. The van der Waals surface area contributed by atoms with Crippen molar-refractivity contribution in [2.24, 2.45) is 5.73 Å². The molecule has 0 fully saturated rings. The van der Waals surface area contributed by atoms with E-state index in [1.165, 1.54) is 6.07 Å². The maximum atomic E-state index is 13.7. The molecule has 0 aliphatic rings. The topological polar surface area (TPSA) is 67.6 Å². The highest BCUT2D eigenvalue weighted by Gasteiger charge is 2.14. The molecule has 0 spiro atoms. The second-order valence-electron chi connectivity index (χ2n) is 4.30. The van der Waals surface area contributed by atoms with Gasteiger partial charge < -0.3 is 5.73 Å². The monoisotopic (exact) mass is 282 g/mol. The van der Waals surface area contributed by atoms with Gasteiger partial charge in [-0.2, -0.15) is 5.10 Å². The summed E-state index contributed by atoms with van der Waals surface area (Å²) in [6.07, 6.45) is 3.81. The molecule has 0 unspecified atom stereocenters. The second-order valence-corrected chi connectivity index (χ2v) is 4.71. The number of aromatic amines is 1. The van der Waals surface area contributed by atoms with Crippen molar-refractivity contribution in [3.63, 3.8) is 0 Å². The van der Waals surface area contributed by atoms with Crippen LogP contribution in [0.4, 0.5) is 4.39 Å². The zero-order valence-corrected chi connectivity index (χ0v) is 11.3. The predicted octanol–water partition coefficient (Wildman–Crippen LogP) is 2.94. The van der Waals surface area contributed by atoms with E-state index in [1.807, 2.05) is 0 Å². The Morgan fingerprint density at radius 2 is 2.11 bits per heavy atom. The summed E-state index contributed by atoms with van der Waals surface area (Å²) in [6, 6.07) is 4.53. The quantitative estimate of drug-likeness (QED) is 0.801. The van der Waals surface area contributed by atoms with E-state index in [2.05, 4.69) is 15.2 Å². The van der Waals surface area contributed by atoms with E-state index in [4.69, 9.17) is 17.3 Å². The average Bonchev–Trinajstić information content (AvgIpc) is 2.83. The Kier molecular flexibility index (Phi) is 4.87. The number of hydrogen-bond acceptors (Lipinski definition) is 3. The van der Waals surface area contributed by atoms with E-state index in [9.17, 15) is 4.39 Å². The molecule has 0 radical (unpaired) electrons. The first-order valence-corrected chi connectivity index (χ1v) is 6.66. The van der Waals surface area contributed by atoms with Gasteiger partial charge in [0.2, 0.25) is 0 Å². The van der Waals surface area contributed by atoms with Crippen molar-refractivity contribution in [3.05, 3.63) is 34.9 Å². The van der Waals surface area contributed by atoms with Crippen LogP contribution in [0.2, 0.25) is 5.02 Å². The number of benzene rings is 1. The molecule has 0 bridgehead atoms. The van der Waals surface area contributed by atoms with Crippen LogP contribution in [0.3, 0.4) is 0 Å². The number of aromatic nitrogens is 3. The molecule has 0 saturated heterocycles. The third-order valence-electron chi connectivity index (χ3n) is 2.84. The number of nitrogens with zero attached hydrogens (tertiary/aromatic N) is 2. The highest BCUT2D eigenvalue weighted by molar-refractivity contribution is 6.33. The largest absolute Gasteiger partial charge is 0.330 e. The lowest BCUT2D eigenvalue weighted by Crippen LogP contribution is -1.98. The molecular formula is C13H16ClFN4. The van der Waals surface area contributed by atoms with Crippen LogP contribution in [0.25, 0.3) is 11.4 Å². The van der Waals surface area contributed by atoms with Gasteiger partial charge in [-0.1, -0.05) is 24.1 Å². The number of hydrogen-bond donors (Lipinski definition) is 2. The number of nitrogens with two attached hydrogens (primary N) is 1. The summed E-state index contributed by atoms with van der Waals surface area (Å²) in [7, 11) is 0. The molecule has 6 heteroatoms. The van der Waals surface area contributed by atoms with Crippen molar-refractivity contribution in [2.75, 3.05) is 6.54 Å². The SMILES string of the molecule is NCCCCCc1nc(-c2c(F)cccc2Cl)n[nH]1. The van der Waals surface area contributed by atoms with Crippen LogP contribution in [-0.2, 0) is 6.42 Å². The predicted molar refractivity (Wildman–Crippen MR) is 73.4 cm³/mol. The second kappa shape index (κ2) is 6.63. The molecule has 0 amide bonds. The summed E-state index contributed by atoms with van der Waals surface area (Å²) in [4.78, 5) is 4.28. The van der Waals surface area contributed by atoms with Gasteiger partial charge in [-0.3, -0.25) is 5.10 Å². The first-order valence-electron chi connectivity index (χ1n) is 6.28. The Bertz CT molecular complexity index is 521. The Labute approximate surface area is 116 Å². The van der Waals surface area contributed by atoms with Gasteiger partial charge in [-0.25, -0.2) is 9.37 Å². The van der Waals surface area contributed by atoms with Crippen LogP contribution in [0.1, 0.15) is 25.1 Å². The van der Waals surface area contributed by atoms with E-state index >= 15 is 0 Å². The van der Waals surface area contributed by atoms with Crippen molar-refractivity contribution < 1.29 is 4.39 Å². The van der Waals surface area contributed by atoms with Crippen molar-refractivity contribution in [3.8, 4) is 11.4 Å². The van der Waals surface area contributed by atoms with Crippen molar-refractivity contribution in [1.82, 2.24) is 15.2 Å². The first kappa shape index (κ1) is 14.0. The molecule has 2 aromatic rings. The van der Waals surface area contributed by atoms with Gasteiger partial charge in [-0.15, -0.1) is 0 Å².